The van der Waals surface area contributed by atoms with E-state index in [1.807, 2.05) is 0 Å². The summed E-state index contributed by atoms with van der Waals surface area (Å²) >= 11 is 0. The van der Waals surface area contributed by atoms with Crippen molar-refractivity contribution >= 4 is 59.8 Å². The van der Waals surface area contributed by atoms with Crippen LogP contribution in [0.5, 0.6) is 0 Å². The van der Waals surface area contributed by atoms with Crippen molar-refractivity contribution in [1.29, 1.82) is 0 Å². The number of aliphatic imine (C=N–C) groups is 1. The van der Waals surface area contributed by atoms with E-state index in [2.05, 4.69) is 42.2 Å². The quantitative estimate of drug-likeness (QED) is 0.0179. The van der Waals surface area contributed by atoms with Crippen LogP contribution in [0.25, 0.3) is 0 Å². The second-order valence-electron chi connectivity index (χ2n) is 16.1. The van der Waals surface area contributed by atoms with E-state index in [1.165, 1.54) is 0 Å². The van der Waals surface area contributed by atoms with Gasteiger partial charge in [0.05, 0.1) is 6.04 Å². The third kappa shape index (κ3) is 24.3. The molecule has 0 aliphatic carbocycles. The van der Waals surface area contributed by atoms with Crippen molar-refractivity contribution in [1.82, 2.24) is 37.2 Å². The number of hydrogen-bond acceptors (Lipinski definition) is 13. The zero-order chi connectivity index (χ0) is 46.5. The smallest absolute Gasteiger partial charge is 0.326 e. The minimum atomic E-state index is -1.25. The number of aliphatic carboxylic acids is 1. The standard InChI is InChI=1S/C40H78N14O8.ClH/c1-25(2)32(39(61)62)54-38(60)30(16-6-10-22-44)52-37(59)31(18-12-24-48-40(45)46)53-36(58)29(15-5-9-21-43)51-35(57)28(14-4-8-20-42)50-34(56)27(13-3-7-19-41)49-33(55)26-17-11-23-47-26;/h25-32,47H,3-24,41-44H2,1-2H3,(H,49,55)(H,50,56)(H,51,57)(H,52,59)(H,53,58)(H,54,60)(H,61,62)(H4,45,46,48);1H. The van der Waals surface area contributed by atoms with Crippen LogP contribution in [0.15, 0.2) is 4.99 Å². The van der Waals surface area contributed by atoms with E-state index < -0.39 is 83.7 Å². The first-order chi connectivity index (χ1) is 29.6. The molecule has 0 radical (unpaired) electrons. The topological polar surface area (TPSA) is 392 Å². The van der Waals surface area contributed by atoms with E-state index in [4.69, 9.17) is 34.4 Å². The Labute approximate surface area is 378 Å². The molecule has 1 rings (SSSR count). The Kier molecular flexibility index (Phi) is 31.8. The van der Waals surface area contributed by atoms with Crippen LogP contribution >= 0.6 is 12.4 Å². The maximum absolute atomic E-state index is 14.1. The Morgan fingerprint density at radius 2 is 0.921 bits per heavy atom. The van der Waals surface area contributed by atoms with Gasteiger partial charge in [0.25, 0.3) is 0 Å². The second kappa shape index (κ2) is 34.1. The molecular formula is C40H79ClN14O8. The lowest BCUT2D eigenvalue weighted by Crippen LogP contribution is -2.60. The van der Waals surface area contributed by atoms with Crippen molar-refractivity contribution in [2.24, 2.45) is 45.3 Å². The van der Waals surface area contributed by atoms with E-state index in [-0.39, 0.29) is 62.9 Å². The first-order valence-corrected chi connectivity index (χ1v) is 22.2. The molecule has 6 amide bonds. The summed E-state index contributed by atoms with van der Waals surface area (Å²) < 4.78 is 0. The normalized spacial score (nSPS) is 16.2. The van der Waals surface area contributed by atoms with Gasteiger partial charge in [-0.05, 0) is 141 Å². The van der Waals surface area contributed by atoms with E-state index in [1.54, 1.807) is 13.8 Å². The summed E-state index contributed by atoms with van der Waals surface area (Å²) in [6.07, 6.45) is 6.58. The zero-order valence-electron chi connectivity index (χ0n) is 37.3. The number of carbonyl (C=O) groups excluding carboxylic acids is 6. The number of halogens is 1. The summed E-state index contributed by atoms with van der Waals surface area (Å²) in [4.78, 5) is 98.3. The van der Waals surface area contributed by atoms with Crippen LogP contribution in [0.1, 0.15) is 117 Å². The second-order valence-corrected chi connectivity index (χ2v) is 16.1. The number of rotatable bonds is 34. The molecule has 0 aromatic carbocycles. The Bertz CT molecular complexity index is 1420. The fraction of sp³-hybridized carbons (Fsp3) is 0.800. The van der Waals surface area contributed by atoms with Crippen LogP contribution < -0.4 is 71.6 Å². The average Bonchev–Trinajstić information content (AvgIpc) is 3.77. The molecule has 1 aliphatic heterocycles. The summed E-state index contributed by atoms with van der Waals surface area (Å²) in [5.41, 5.74) is 33.9. The summed E-state index contributed by atoms with van der Waals surface area (Å²) in [5, 5.41) is 29.2. The largest absolute Gasteiger partial charge is 0.480 e. The highest BCUT2D eigenvalue weighted by molar-refractivity contribution is 5.97. The zero-order valence-corrected chi connectivity index (χ0v) is 38.1. The number of hydrogen-bond donors (Lipinski definition) is 14. The number of carboxylic acid groups (broad SMARTS) is 1. The van der Waals surface area contributed by atoms with Crippen LogP contribution in [0.4, 0.5) is 0 Å². The Balaban J connectivity index is 0.0000384. The monoisotopic (exact) mass is 919 g/mol. The van der Waals surface area contributed by atoms with Gasteiger partial charge in [-0.25, -0.2) is 4.79 Å². The maximum Gasteiger partial charge on any atom is 0.326 e. The number of unbranched alkanes of at least 4 members (excludes halogenated alkanes) is 4. The lowest BCUT2D eigenvalue weighted by molar-refractivity contribution is -0.143. The van der Waals surface area contributed by atoms with E-state index >= 15 is 0 Å². The predicted octanol–water partition coefficient (Wildman–Crippen LogP) is -2.62. The van der Waals surface area contributed by atoms with Gasteiger partial charge in [-0.3, -0.25) is 33.8 Å². The molecule has 0 spiro atoms. The predicted molar refractivity (Wildman–Crippen MR) is 244 cm³/mol. The van der Waals surface area contributed by atoms with Crippen molar-refractivity contribution < 1.29 is 38.7 Å². The van der Waals surface area contributed by atoms with E-state index in [9.17, 15) is 38.7 Å². The third-order valence-electron chi connectivity index (χ3n) is 10.5. The van der Waals surface area contributed by atoms with Gasteiger partial charge in [-0.15, -0.1) is 12.4 Å². The molecule has 23 heteroatoms. The first-order valence-electron chi connectivity index (χ1n) is 22.2. The number of amides is 6. The number of nitrogens with two attached hydrogens (primary N) is 6. The molecule has 1 aliphatic rings. The summed E-state index contributed by atoms with van der Waals surface area (Å²) in [6, 6.07) is -7.29. The van der Waals surface area contributed by atoms with Crippen molar-refractivity contribution in [3.05, 3.63) is 0 Å². The lowest BCUT2D eigenvalue weighted by atomic mass is 10.0. The van der Waals surface area contributed by atoms with E-state index in [0.29, 0.717) is 96.9 Å². The van der Waals surface area contributed by atoms with Gasteiger partial charge >= 0.3 is 5.97 Å². The molecule has 0 aromatic heterocycles. The van der Waals surface area contributed by atoms with Gasteiger partial charge in [0.1, 0.15) is 36.3 Å². The van der Waals surface area contributed by atoms with Crippen molar-refractivity contribution in [3.63, 3.8) is 0 Å². The highest BCUT2D eigenvalue weighted by atomic mass is 35.5. The molecule has 0 saturated carbocycles. The number of nitrogens with zero attached hydrogens (tertiary/aromatic N) is 1. The maximum atomic E-state index is 14.1. The molecule has 1 fully saturated rings. The van der Waals surface area contributed by atoms with Crippen LogP contribution in [0, 0.1) is 5.92 Å². The molecule has 1 heterocycles. The number of carbonyl (C=O) groups is 7. The molecule has 0 aromatic rings. The first kappa shape index (κ1) is 58.6. The molecule has 0 bridgehead atoms. The van der Waals surface area contributed by atoms with Gasteiger partial charge in [-0.1, -0.05) is 13.8 Å². The highest BCUT2D eigenvalue weighted by Gasteiger charge is 2.34. The van der Waals surface area contributed by atoms with Gasteiger partial charge < -0.3 is 76.7 Å². The molecule has 364 valence electrons. The van der Waals surface area contributed by atoms with Crippen LogP contribution in [0.2, 0.25) is 0 Å². The van der Waals surface area contributed by atoms with Gasteiger partial charge in [0.2, 0.25) is 35.4 Å². The number of guanidine groups is 1. The minimum Gasteiger partial charge on any atom is -0.480 e. The van der Waals surface area contributed by atoms with Gasteiger partial charge in [-0.2, -0.15) is 0 Å². The highest BCUT2D eigenvalue weighted by Crippen LogP contribution is 2.12. The SMILES string of the molecule is CC(C)C(NC(=O)C(CCCCN)NC(=O)C(CCCN=C(N)N)NC(=O)C(CCCCN)NC(=O)C(CCCCN)NC(=O)C(CCCCN)NC(=O)C1CCCN1)C(=O)O.Cl. The molecule has 63 heavy (non-hydrogen) atoms. The Hall–Kier alpha value is -4.35. The molecule has 20 N–H and O–H groups in total. The van der Waals surface area contributed by atoms with E-state index in [0.717, 1.165) is 6.42 Å². The molecule has 7 atom stereocenters. The fourth-order valence-electron chi connectivity index (χ4n) is 6.86. The average molecular weight is 920 g/mol. The van der Waals surface area contributed by atoms with Gasteiger partial charge in [0, 0.05) is 6.54 Å². The Morgan fingerprint density at radius 3 is 1.22 bits per heavy atom. The third-order valence-corrected chi connectivity index (χ3v) is 10.5. The summed E-state index contributed by atoms with van der Waals surface area (Å²) in [6.45, 7) is 5.47. The minimum absolute atomic E-state index is 0. The molecule has 22 nitrogen and oxygen atoms in total. The Morgan fingerprint density at radius 1 is 0.571 bits per heavy atom. The number of carboxylic acids is 1. The molecule has 1 saturated heterocycles. The summed E-state index contributed by atoms with van der Waals surface area (Å²) in [7, 11) is 0. The summed E-state index contributed by atoms with van der Waals surface area (Å²) in [5.74, 6) is -5.55. The van der Waals surface area contributed by atoms with Gasteiger partial charge in [0.15, 0.2) is 5.96 Å². The fourth-order valence-corrected chi connectivity index (χ4v) is 6.86. The number of nitrogens with one attached hydrogen (secondary N) is 7. The van der Waals surface area contributed by atoms with Crippen LogP contribution in [-0.2, 0) is 33.6 Å². The molecule has 7 unspecified atom stereocenters. The van der Waals surface area contributed by atoms with Crippen molar-refractivity contribution in [2.45, 2.75) is 159 Å². The van der Waals surface area contributed by atoms with Crippen molar-refractivity contribution in [3.8, 4) is 0 Å². The molecular weight excluding hydrogens is 840 g/mol. The van der Waals surface area contributed by atoms with Crippen molar-refractivity contribution in [2.75, 3.05) is 39.3 Å². The lowest BCUT2D eigenvalue weighted by Gasteiger charge is -2.28. The van der Waals surface area contributed by atoms with Crippen LogP contribution in [0.3, 0.4) is 0 Å². The van der Waals surface area contributed by atoms with Crippen LogP contribution in [-0.4, -0.2) is 134 Å².